The summed E-state index contributed by atoms with van der Waals surface area (Å²) in [6.07, 6.45) is 1.68. The van der Waals surface area contributed by atoms with E-state index >= 15 is 0 Å². The molecule has 1 fully saturated rings. The average Bonchev–Trinajstić information content (AvgIpc) is 2.20. The first-order valence-electron chi connectivity index (χ1n) is 5.79. The van der Waals surface area contributed by atoms with Gasteiger partial charge in [-0.25, -0.2) is 0 Å². The number of piperidine rings is 1. The number of methoxy groups -OCH3 is 1. The van der Waals surface area contributed by atoms with Crippen LogP contribution >= 0.6 is 15.9 Å². The van der Waals surface area contributed by atoms with E-state index in [4.69, 9.17) is 4.74 Å². The topological polar surface area (TPSA) is 12.5 Å². The summed E-state index contributed by atoms with van der Waals surface area (Å²) < 4.78 is 5.53. The Hall–Kier alpha value is 0.400. The predicted molar refractivity (Wildman–Crippen MR) is 68.6 cm³/mol. The first-order chi connectivity index (χ1) is 6.98. The van der Waals surface area contributed by atoms with Crippen molar-refractivity contribution in [2.24, 2.45) is 11.3 Å². The number of hydrogen-bond acceptors (Lipinski definition) is 2. The van der Waals surface area contributed by atoms with E-state index < -0.39 is 0 Å². The van der Waals surface area contributed by atoms with Crippen LogP contribution in [-0.4, -0.2) is 43.1 Å². The molecule has 0 bridgehead atoms. The minimum Gasteiger partial charge on any atom is -0.380 e. The Labute approximate surface area is 102 Å². The standard InChI is InChI=1S/C12H24BrNO/c1-10-5-6-14(7-11(10)15-4)9-12(2,3)8-13/h10-11H,5-9H2,1-4H3. The van der Waals surface area contributed by atoms with Gasteiger partial charge in [0.2, 0.25) is 0 Å². The zero-order valence-electron chi connectivity index (χ0n) is 10.4. The molecule has 3 heteroatoms. The van der Waals surface area contributed by atoms with E-state index in [1.165, 1.54) is 13.0 Å². The van der Waals surface area contributed by atoms with Crippen molar-refractivity contribution in [3.05, 3.63) is 0 Å². The number of likely N-dealkylation sites (tertiary alicyclic amines) is 1. The fourth-order valence-electron chi connectivity index (χ4n) is 2.20. The van der Waals surface area contributed by atoms with Gasteiger partial charge in [0.05, 0.1) is 6.10 Å². The van der Waals surface area contributed by atoms with Crippen LogP contribution in [0.1, 0.15) is 27.2 Å². The van der Waals surface area contributed by atoms with E-state index in [0.717, 1.165) is 18.4 Å². The Morgan fingerprint density at radius 1 is 1.47 bits per heavy atom. The molecule has 2 unspecified atom stereocenters. The summed E-state index contributed by atoms with van der Waals surface area (Å²) >= 11 is 3.58. The highest BCUT2D eigenvalue weighted by Gasteiger charge is 2.29. The van der Waals surface area contributed by atoms with Gasteiger partial charge in [0.15, 0.2) is 0 Å². The van der Waals surface area contributed by atoms with Gasteiger partial charge in [-0.3, -0.25) is 0 Å². The van der Waals surface area contributed by atoms with Crippen LogP contribution in [0.4, 0.5) is 0 Å². The van der Waals surface area contributed by atoms with E-state index in [1.807, 2.05) is 7.11 Å². The van der Waals surface area contributed by atoms with E-state index in [0.29, 0.717) is 17.4 Å². The van der Waals surface area contributed by atoms with Crippen LogP contribution in [0.3, 0.4) is 0 Å². The summed E-state index contributed by atoms with van der Waals surface area (Å²) in [4.78, 5) is 2.54. The second-order valence-electron chi connectivity index (χ2n) is 5.57. The van der Waals surface area contributed by atoms with Gasteiger partial charge < -0.3 is 9.64 Å². The molecular formula is C12H24BrNO. The van der Waals surface area contributed by atoms with Crippen LogP contribution in [0, 0.1) is 11.3 Å². The van der Waals surface area contributed by atoms with Gasteiger partial charge in [-0.2, -0.15) is 0 Å². The van der Waals surface area contributed by atoms with E-state index in [2.05, 4.69) is 41.6 Å². The monoisotopic (exact) mass is 277 g/mol. The molecule has 2 nitrogen and oxygen atoms in total. The predicted octanol–water partition coefficient (Wildman–Crippen LogP) is 2.76. The quantitative estimate of drug-likeness (QED) is 0.733. The first-order valence-corrected chi connectivity index (χ1v) is 6.92. The smallest absolute Gasteiger partial charge is 0.0724 e. The van der Waals surface area contributed by atoms with E-state index in [-0.39, 0.29) is 0 Å². The summed E-state index contributed by atoms with van der Waals surface area (Å²) in [6, 6.07) is 0. The molecule has 1 saturated heterocycles. The molecule has 1 rings (SSSR count). The molecule has 90 valence electrons. The molecule has 0 aromatic heterocycles. The molecular weight excluding hydrogens is 254 g/mol. The molecule has 0 radical (unpaired) electrons. The summed E-state index contributed by atoms with van der Waals surface area (Å²) in [6.45, 7) is 10.4. The Kier molecular flexibility index (Phi) is 5.07. The van der Waals surface area contributed by atoms with Crippen LogP contribution in [0.2, 0.25) is 0 Å². The van der Waals surface area contributed by atoms with Crippen LogP contribution in [-0.2, 0) is 4.74 Å². The van der Waals surface area contributed by atoms with Crippen molar-refractivity contribution in [3.63, 3.8) is 0 Å². The molecule has 0 aliphatic carbocycles. The summed E-state index contributed by atoms with van der Waals surface area (Å²) in [5, 5.41) is 1.06. The highest BCUT2D eigenvalue weighted by molar-refractivity contribution is 9.09. The Bertz CT molecular complexity index is 196. The zero-order valence-corrected chi connectivity index (χ0v) is 12.0. The molecule has 0 saturated carbocycles. The van der Waals surface area contributed by atoms with Crippen molar-refractivity contribution in [3.8, 4) is 0 Å². The first kappa shape index (κ1) is 13.5. The number of alkyl halides is 1. The number of nitrogens with zero attached hydrogens (tertiary/aromatic N) is 1. The maximum atomic E-state index is 5.53. The van der Waals surface area contributed by atoms with Crippen LogP contribution in [0.25, 0.3) is 0 Å². The third-order valence-corrected chi connectivity index (χ3v) is 4.81. The molecule has 0 amide bonds. The van der Waals surface area contributed by atoms with Crippen LogP contribution in [0.15, 0.2) is 0 Å². The second kappa shape index (κ2) is 5.65. The average molecular weight is 278 g/mol. The van der Waals surface area contributed by atoms with Gasteiger partial charge in [0, 0.05) is 25.5 Å². The minimum atomic E-state index is 0.360. The van der Waals surface area contributed by atoms with Gasteiger partial charge in [0.25, 0.3) is 0 Å². The maximum Gasteiger partial charge on any atom is 0.0724 e. The Morgan fingerprint density at radius 3 is 2.67 bits per heavy atom. The van der Waals surface area contributed by atoms with Gasteiger partial charge in [-0.05, 0) is 24.3 Å². The molecule has 0 N–H and O–H groups in total. The summed E-state index contributed by atoms with van der Waals surface area (Å²) in [7, 11) is 1.83. The number of halogens is 1. The number of hydrogen-bond donors (Lipinski definition) is 0. The fourth-order valence-corrected chi connectivity index (χ4v) is 2.37. The molecule has 2 atom stereocenters. The highest BCUT2D eigenvalue weighted by Crippen LogP contribution is 2.25. The number of ether oxygens (including phenoxy) is 1. The molecule has 1 aliphatic rings. The highest BCUT2D eigenvalue weighted by atomic mass is 79.9. The summed E-state index contributed by atoms with van der Waals surface area (Å²) in [5.41, 5.74) is 0.360. The van der Waals surface area contributed by atoms with Crippen LogP contribution in [0.5, 0.6) is 0 Å². The molecule has 0 aromatic rings. The SMILES string of the molecule is COC1CN(CC(C)(C)CBr)CCC1C. The van der Waals surface area contributed by atoms with Crippen molar-refractivity contribution in [2.75, 3.05) is 32.1 Å². The minimum absolute atomic E-state index is 0.360. The van der Waals surface area contributed by atoms with Gasteiger partial charge in [-0.1, -0.05) is 36.7 Å². The third-order valence-electron chi connectivity index (χ3n) is 3.29. The van der Waals surface area contributed by atoms with Gasteiger partial charge in [0.1, 0.15) is 0 Å². The van der Waals surface area contributed by atoms with Crippen molar-refractivity contribution in [2.45, 2.75) is 33.3 Å². The lowest BCUT2D eigenvalue weighted by Crippen LogP contribution is -2.47. The van der Waals surface area contributed by atoms with Crippen molar-refractivity contribution in [1.82, 2.24) is 4.90 Å². The lowest BCUT2D eigenvalue weighted by atomic mass is 9.91. The molecule has 1 heterocycles. The molecule has 0 spiro atoms. The third kappa shape index (κ3) is 4.04. The van der Waals surface area contributed by atoms with Crippen molar-refractivity contribution < 1.29 is 4.74 Å². The van der Waals surface area contributed by atoms with Gasteiger partial charge in [-0.15, -0.1) is 0 Å². The lowest BCUT2D eigenvalue weighted by molar-refractivity contribution is -0.0131. The lowest BCUT2D eigenvalue weighted by Gasteiger charge is -2.39. The molecule has 0 aromatic carbocycles. The van der Waals surface area contributed by atoms with E-state index in [1.54, 1.807) is 0 Å². The number of rotatable bonds is 4. The molecule has 1 aliphatic heterocycles. The Balaban J connectivity index is 2.45. The zero-order chi connectivity index (χ0) is 11.5. The largest absolute Gasteiger partial charge is 0.380 e. The van der Waals surface area contributed by atoms with Crippen molar-refractivity contribution in [1.29, 1.82) is 0 Å². The van der Waals surface area contributed by atoms with Crippen molar-refractivity contribution >= 4 is 15.9 Å². The molecule has 15 heavy (non-hydrogen) atoms. The second-order valence-corrected chi connectivity index (χ2v) is 6.13. The van der Waals surface area contributed by atoms with Crippen LogP contribution < -0.4 is 0 Å². The van der Waals surface area contributed by atoms with Gasteiger partial charge >= 0.3 is 0 Å². The summed E-state index contributed by atoms with van der Waals surface area (Å²) in [5.74, 6) is 0.707. The maximum absolute atomic E-state index is 5.53. The van der Waals surface area contributed by atoms with E-state index in [9.17, 15) is 0 Å². The Morgan fingerprint density at radius 2 is 2.13 bits per heavy atom. The normalized spacial score (nSPS) is 29.4. The fraction of sp³-hybridized carbons (Fsp3) is 1.00.